The van der Waals surface area contributed by atoms with Crippen molar-refractivity contribution in [3.05, 3.63) is 65.7 Å². The fourth-order valence-electron chi connectivity index (χ4n) is 3.44. The largest absolute Gasteiger partial charge is 0.489 e. The van der Waals surface area contributed by atoms with Gasteiger partial charge in [0.15, 0.2) is 0 Å². The Morgan fingerprint density at radius 3 is 2.30 bits per heavy atom. The molecule has 0 heterocycles. The molecule has 0 spiro atoms. The van der Waals surface area contributed by atoms with E-state index in [9.17, 15) is 9.59 Å². The number of likely N-dealkylation sites (N-methyl/N-ethyl adjacent to an activating group) is 1. The first kappa shape index (κ1) is 19.0. The standard InChI is InChI=1S/C22H26N2O3/c1-2-23-21(26)22(14-6-7-15-22)24-20(25)18-12-10-17(11-13-18)16-27-19-8-4-3-5-9-19/h3-5,8-13H,2,6-7,14-16H2,1H3,(H,23,26)(H,24,25). The summed E-state index contributed by atoms with van der Waals surface area (Å²) in [5, 5.41) is 5.84. The number of nitrogens with one attached hydrogen (secondary N) is 2. The average Bonchev–Trinajstić information content (AvgIpc) is 3.17. The molecule has 2 N–H and O–H groups in total. The van der Waals surface area contributed by atoms with Gasteiger partial charge in [-0.25, -0.2) is 0 Å². The highest BCUT2D eigenvalue weighted by Gasteiger charge is 2.42. The molecule has 0 saturated heterocycles. The van der Waals surface area contributed by atoms with Crippen LogP contribution in [0.15, 0.2) is 54.6 Å². The number of benzene rings is 2. The minimum atomic E-state index is -0.776. The molecule has 0 radical (unpaired) electrons. The lowest BCUT2D eigenvalue weighted by Gasteiger charge is -2.28. The van der Waals surface area contributed by atoms with Crippen LogP contribution in [0, 0.1) is 0 Å². The van der Waals surface area contributed by atoms with Crippen molar-refractivity contribution in [2.45, 2.75) is 44.8 Å². The van der Waals surface area contributed by atoms with E-state index in [4.69, 9.17) is 4.74 Å². The summed E-state index contributed by atoms with van der Waals surface area (Å²) in [6, 6.07) is 16.9. The molecule has 142 valence electrons. The van der Waals surface area contributed by atoms with Crippen LogP contribution >= 0.6 is 0 Å². The molecule has 3 rings (SSSR count). The molecule has 2 amide bonds. The smallest absolute Gasteiger partial charge is 0.252 e. The Hall–Kier alpha value is -2.82. The molecule has 0 aliphatic heterocycles. The van der Waals surface area contributed by atoms with Crippen LogP contribution in [0.4, 0.5) is 0 Å². The van der Waals surface area contributed by atoms with Gasteiger partial charge in [0.1, 0.15) is 17.9 Å². The summed E-state index contributed by atoms with van der Waals surface area (Å²) in [6.45, 7) is 2.89. The van der Waals surface area contributed by atoms with Gasteiger partial charge >= 0.3 is 0 Å². The third kappa shape index (κ3) is 4.67. The predicted octanol–water partition coefficient (Wildman–Crippen LogP) is 3.44. The molecule has 27 heavy (non-hydrogen) atoms. The zero-order valence-corrected chi connectivity index (χ0v) is 15.7. The van der Waals surface area contributed by atoms with E-state index >= 15 is 0 Å². The number of para-hydroxylation sites is 1. The van der Waals surface area contributed by atoms with Gasteiger partial charge in [-0.2, -0.15) is 0 Å². The van der Waals surface area contributed by atoms with Crippen molar-refractivity contribution in [3.8, 4) is 5.75 Å². The number of carbonyl (C=O) groups is 2. The molecule has 1 aliphatic carbocycles. The summed E-state index contributed by atoms with van der Waals surface area (Å²) >= 11 is 0. The van der Waals surface area contributed by atoms with Gasteiger partial charge in [-0.15, -0.1) is 0 Å². The quantitative estimate of drug-likeness (QED) is 0.789. The topological polar surface area (TPSA) is 67.4 Å². The van der Waals surface area contributed by atoms with E-state index in [2.05, 4.69) is 10.6 Å². The Balaban J connectivity index is 1.62. The second kappa shape index (κ2) is 8.71. The van der Waals surface area contributed by atoms with Gasteiger partial charge in [0, 0.05) is 12.1 Å². The SMILES string of the molecule is CCNC(=O)C1(NC(=O)c2ccc(COc3ccccc3)cc2)CCCC1. The maximum absolute atomic E-state index is 12.7. The lowest BCUT2D eigenvalue weighted by Crippen LogP contribution is -2.57. The molecular formula is C22H26N2O3. The van der Waals surface area contributed by atoms with Crippen LogP contribution < -0.4 is 15.4 Å². The van der Waals surface area contributed by atoms with Gasteiger partial charge in [-0.3, -0.25) is 9.59 Å². The number of carbonyl (C=O) groups excluding carboxylic acids is 2. The lowest BCUT2D eigenvalue weighted by molar-refractivity contribution is -0.127. The van der Waals surface area contributed by atoms with Crippen molar-refractivity contribution in [2.24, 2.45) is 0 Å². The number of hydrogen-bond donors (Lipinski definition) is 2. The number of hydrogen-bond acceptors (Lipinski definition) is 3. The third-order valence-corrected chi connectivity index (χ3v) is 4.95. The number of amides is 2. The Bertz CT molecular complexity index is 766. The van der Waals surface area contributed by atoms with E-state index in [1.54, 1.807) is 12.1 Å². The summed E-state index contributed by atoms with van der Waals surface area (Å²) < 4.78 is 5.72. The van der Waals surface area contributed by atoms with Gasteiger partial charge in [0.2, 0.25) is 5.91 Å². The predicted molar refractivity (Wildman–Crippen MR) is 105 cm³/mol. The zero-order chi connectivity index (χ0) is 19.1. The maximum atomic E-state index is 12.7. The minimum Gasteiger partial charge on any atom is -0.489 e. The average molecular weight is 366 g/mol. The Morgan fingerprint density at radius 2 is 1.67 bits per heavy atom. The van der Waals surface area contributed by atoms with Gasteiger partial charge in [-0.05, 0) is 49.6 Å². The molecule has 1 saturated carbocycles. The van der Waals surface area contributed by atoms with Crippen molar-refractivity contribution < 1.29 is 14.3 Å². The molecule has 0 atom stereocenters. The molecule has 0 bridgehead atoms. The van der Waals surface area contributed by atoms with E-state index in [0.29, 0.717) is 31.6 Å². The fraction of sp³-hybridized carbons (Fsp3) is 0.364. The Morgan fingerprint density at radius 1 is 1.00 bits per heavy atom. The van der Waals surface area contributed by atoms with Crippen molar-refractivity contribution in [1.29, 1.82) is 0 Å². The van der Waals surface area contributed by atoms with Gasteiger partial charge < -0.3 is 15.4 Å². The second-order valence-electron chi connectivity index (χ2n) is 6.90. The first-order valence-corrected chi connectivity index (χ1v) is 9.50. The van der Waals surface area contributed by atoms with Crippen LogP contribution in [0.25, 0.3) is 0 Å². The number of ether oxygens (including phenoxy) is 1. The van der Waals surface area contributed by atoms with E-state index in [1.165, 1.54) is 0 Å². The van der Waals surface area contributed by atoms with Crippen LogP contribution in [0.2, 0.25) is 0 Å². The highest BCUT2D eigenvalue weighted by molar-refractivity contribution is 5.99. The summed E-state index contributed by atoms with van der Waals surface area (Å²) in [4.78, 5) is 25.1. The van der Waals surface area contributed by atoms with E-state index in [1.807, 2.05) is 49.4 Å². The van der Waals surface area contributed by atoms with Crippen molar-refractivity contribution >= 4 is 11.8 Å². The molecule has 2 aromatic carbocycles. The van der Waals surface area contributed by atoms with Crippen LogP contribution in [0.5, 0.6) is 5.75 Å². The first-order valence-electron chi connectivity index (χ1n) is 9.50. The molecule has 0 aromatic heterocycles. The number of rotatable bonds is 7. The molecule has 1 fully saturated rings. The van der Waals surface area contributed by atoms with Crippen LogP contribution in [0.1, 0.15) is 48.5 Å². The van der Waals surface area contributed by atoms with Gasteiger partial charge in [0.05, 0.1) is 0 Å². The molecule has 5 nitrogen and oxygen atoms in total. The summed E-state index contributed by atoms with van der Waals surface area (Å²) in [5.41, 5.74) is 0.756. The molecule has 5 heteroatoms. The van der Waals surface area contributed by atoms with Crippen molar-refractivity contribution in [3.63, 3.8) is 0 Å². The first-order chi connectivity index (χ1) is 13.1. The van der Waals surface area contributed by atoms with Crippen LogP contribution in [-0.2, 0) is 11.4 Å². The van der Waals surface area contributed by atoms with E-state index in [-0.39, 0.29) is 11.8 Å². The summed E-state index contributed by atoms with van der Waals surface area (Å²) in [7, 11) is 0. The Kier molecular flexibility index (Phi) is 6.12. The zero-order valence-electron chi connectivity index (χ0n) is 15.7. The second-order valence-corrected chi connectivity index (χ2v) is 6.90. The van der Waals surface area contributed by atoms with Crippen molar-refractivity contribution in [2.75, 3.05) is 6.54 Å². The molecular weight excluding hydrogens is 340 g/mol. The normalized spacial score (nSPS) is 15.1. The van der Waals surface area contributed by atoms with E-state index < -0.39 is 5.54 Å². The van der Waals surface area contributed by atoms with E-state index in [0.717, 1.165) is 24.2 Å². The highest BCUT2D eigenvalue weighted by Crippen LogP contribution is 2.30. The molecule has 2 aromatic rings. The third-order valence-electron chi connectivity index (χ3n) is 4.95. The summed E-state index contributed by atoms with van der Waals surface area (Å²) in [5.74, 6) is 0.520. The van der Waals surface area contributed by atoms with Crippen molar-refractivity contribution in [1.82, 2.24) is 10.6 Å². The summed E-state index contributed by atoms with van der Waals surface area (Å²) in [6.07, 6.45) is 3.28. The molecule has 0 unspecified atom stereocenters. The highest BCUT2D eigenvalue weighted by atomic mass is 16.5. The van der Waals surface area contributed by atoms with Crippen LogP contribution in [-0.4, -0.2) is 23.9 Å². The van der Waals surface area contributed by atoms with Gasteiger partial charge in [-0.1, -0.05) is 43.2 Å². The minimum absolute atomic E-state index is 0.0799. The van der Waals surface area contributed by atoms with Crippen LogP contribution in [0.3, 0.4) is 0 Å². The fourth-order valence-corrected chi connectivity index (χ4v) is 3.44. The van der Waals surface area contributed by atoms with Gasteiger partial charge in [0.25, 0.3) is 5.91 Å². The lowest BCUT2D eigenvalue weighted by atomic mass is 9.95. The molecule has 1 aliphatic rings. The maximum Gasteiger partial charge on any atom is 0.252 e. The monoisotopic (exact) mass is 366 g/mol. The Labute approximate surface area is 160 Å².